The number of hydrogen-bond acceptors (Lipinski definition) is 2. The van der Waals surface area contributed by atoms with Gasteiger partial charge in [-0.1, -0.05) is 12.1 Å². The molecule has 1 atom stereocenters. The van der Waals surface area contributed by atoms with Crippen molar-refractivity contribution >= 4 is 6.03 Å². The van der Waals surface area contributed by atoms with Crippen LogP contribution in [0.25, 0.3) is 0 Å². The first kappa shape index (κ1) is 13.7. The molecule has 6 heteroatoms. The van der Waals surface area contributed by atoms with Crippen LogP contribution in [0.2, 0.25) is 0 Å². The van der Waals surface area contributed by atoms with Gasteiger partial charge in [0, 0.05) is 31.2 Å². The molecule has 0 radical (unpaired) electrons. The molecule has 0 bridgehead atoms. The van der Waals surface area contributed by atoms with Crippen LogP contribution in [-0.2, 0) is 6.54 Å². The zero-order valence-corrected chi connectivity index (χ0v) is 10.5. The molecule has 0 aromatic heterocycles. The normalized spacial score (nSPS) is 19.3. The lowest BCUT2D eigenvalue weighted by Gasteiger charge is -2.30. The predicted octanol–water partition coefficient (Wildman–Crippen LogP) is 1.60. The van der Waals surface area contributed by atoms with Gasteiger partial charge in [0.1, 0.15) is 0 Å². The molecule has 2 amide bonds. The summed E-state index contributed by atoms with van der Waals surface area (Å²) >= 11 is 0. The molecule has 1 aromatic rings. The average molecular weight is 269 g/mol. The van der Waals surface area contributed by atoms with Gasteiger partial charge in [-0.2, -0.15) is 0 Å². The fourth-order valence-electron chi connectivity index (χ4n) is 2.16. The van der Waals surface area contributed by atoms with Gasteiger partial charge in [-0.3, -0.25) is 0 Å². The topological polar surface area (TPSA) is 58.4 Å². The van der Waals surface area contributed by atoms with Gasteiger partial charge in [0.15, 0.2) is 11.6 Å². The minimum absolute atomic E-state index is 0.00888. The van der Waals surface area contributed by atoms with Crippen LogP contribution in [0.1, 0.15) is 18.4 Å². The Morgan fingerprint density at radius 1 is 1.47 bits per heavy atom. The number of carbonyl (C=O) groups excluding carboxylic acids is 1. The largest absolute Gasteiger partial charge is 0.334 e. The highest BCUT2D eigenvalue weighted by Crippen LogP contribution is 2.12. The Hall–Kier alpha value is -1.69. The van der Waals surface area contributed by atoms with Gasteiger partial charge in [-0.15, -0.1) is 0 Å². The first-order chi connectivity index (χ1) is 9.08. The smallest absolute Gasteiger partial charge is 0.317 e. The van der Waals surface area contributed by atoms with E-state index in [2.05, 4.69) is 5.32 Å². The fraction of sp³-hybridized carbons (Fsp3) is 0.462. The third-order valence-corrected chi connectivity index (χ3v) is 3.21. The van der Waals surface area contributed by atoms with Gasteiger partial charge >= 0.3 is 6.03 Å². The first-order valence-corrected chi connectivity index (χ1v) is 6.29. The predicted molar refractivity (Wildman–Crippen MR) is 67.4 cm³/mol. The van der Waals surface area contributed by atoms with Crippen LogP contribution in [0.5, 0.6) is 0 Å². The number of rotatable bonds is 2. The van der Waals surface area contributed by atoms with Crippen LogP contribution < -0.4 is 11.1 Å². The molecule has 2 rings (SSSR count). The Kier molecular flexibility index (Phi) is 4.31. The first-order valence-electron chi connectivity index (χ1n) is 6.29. The van der Waals surface area contributed by atoms with E-state index in [4.69, 9.17) is 5.73 Å². The highest BCUT2D eigenvalue weighted by Gasteiger charge is 2.21. The Balaban J connectivity index is 1.91. The van der Waals surface area contributed by atoms with Crippen molar-refractivity contribution in [2.24, 2.45) is 5.73 Å². The van der Waals surface area contributed by atoms with E-state index < -0.39 is 11.6 Å². The maximum absolute atomic E-state index is 13.4. The number of nitrogens with one attached hydrogen (secondary N) is 1. The summed E-state index contributed by atoms with van der Waals surface area (Å²) in [5, 5.41) is 2.58. The summed E-state index contributed by atoms with van der Waals surface area (Å²) in [5.74, 6) is -1.83. The molecular formula is C13H17F2N3O. The van der Waals surface area contributed by atoms with Crippen LogP contribution in [-0.4, -0.2) is 30.1 Å². The summed E-state index contributed by atoms with van der Waals surface area (Å²) in [7, 11) is 0. The number of nitrogens with two attached hydrogens (primary N) is 1. The fourth-order valence-corrected chi connectivity index (χ4v) is 2.16. The molecule has 1 aliphatic rings. The van der Waals surface area contributed by atoms with Gasteiger partial charge in [-0.25, -0.2) is 13.6 Å². The Labute approximate surface area is 110 Å². The van der Waals surface area contributed by atoms with Crippen molar-refractivity contribution in [2.45, 2.75) is 25.4 Å². The average Bonchev–Trinajstić information content (AvgIpc) is 2.40. The monoisotopic (exact) mass is 269 g/mol. The summed E-state index contributed by atoms with van der Waals surface area (Å²) in [4.78, 5) is 13.5. The van der Waals surface area contributed by atoms with E-state index in [1.807, 2.05) is 0 Å². The molecule has 19 heavy (non-hydrogen) atoms. The third kappa shape index (κ3) is 3.41. The van der Waals surface area contributed by atoms with Crippen molar-refractivity contribution in [3.05, 3.63) is 35.4 Å². The molecule has 1 fully saturated rings. The Morgan fingerprint density at radius 2 is 2.26 bits per heavy atom. The zero-order valence-electron chi connectivity index (χ0n) is 10.5. The standard InChI is InChI=1S/C13H17F2N3O/c14-11-5-1-3-9(12(11)15)7-17-13(19)18-6-2-4-10(16)8-18/h1,3,5,10H,2,4,6-8,16H2,(H,17,19)/t10-/m0/s1. The second kappa shape index (κ2) is 5.97. The number of hydrogen-bond donors (Lipinski definition) is 2. The van der Waals surface area contributed by atoms with E-state index in [-0.39, 0.29) is 24.2 Å². The highest BCUT2D eigenvalue weighted by atomic mass is 19.2. The summed E-state index contributed by atoms with van der Waals surface area (Å²) in [5.41, 5.74) is 5.92. The molecule has 104 valence electrons. The number of carbonyl (C=O) groups is 1. The number of likely N-dealkylation sites (tertiary alicyclic amines) is 1. The minimum atomic E-state index is -0.918. The van der Waals surface area contributed by atoms with E-state index in [9.17, 15) is 13.6 Å². The quantitative estimate of drug-likeness (QED) is 0.856. The SMILES string of the molecule is N[C@H]1CCCN(C(=O)NCc2cccc(F)c2F)C1. The van der Waals surface area contributed by atoms with Gasteiger partial charge in [0.05, 0.1) is 0 Å². The van der Waals surface area contributed by atoms with Gasteiger partial charge in [0.25, 0.3) is 0 Å². The second-order valence-corrected chi connectivity index (χ2v) is 4.72. The molecular weight excluding hydrogens is 252 g/mol. The lowest BCUT2D eigenvalue weighted by Crippen LogP contribution is -2.49. The molecule has 4 nitrogen and oxygen atoms in total. The van der Waals surface area contributed by atoms with E-state index in [0.29, 0.717) is 13.1 Å². The van der Waals surface area contributed by atoms with E-state index in [1.165, 1.54) is 12.1 Å². The van der Waals surface area contributed by atoms with Crippen LogP contribution in [0.4, 0.5) is 13.6 Å². The van der Waals surface area contributed by atoms with Gasteiger partial charge in [-0.05, 0) is 18.9 Å². The molecule has 0 spiro atoms. The van der Waals surface area contributed by atoms with Crippen molar-refractivity contribution in [2.75, 3.05) is 13.1 Å². The lowest BCUT2D eigenvalue weighted by atomic mass is 10.1. The van der Waals surface area contributed by atoms with Crippen molar-refractivity contribution in [3.8, 4) is 0 Å². The van der Waals surface area contributed by atoms with Crippen molar-refractivity contribution < 1.29 is 13.6 Å². The molecule has 1 aliphatic heterocycles. The minimum Gasteiger partial charge on any atom is -0.334 e. The molecule has 0 unspecified atom stereocenters. The van der Waals surface area contributed by atoms with Gasteiger partial charge < -0.3 is 16.0 Å². The maximum atomic E-state index is 13.4. The van der Waals surface area contributed by atoms with Crippen molar-refractivity contribution in [1.82, 2.24) is 10.2 Å². The molecule has 3 N–H and O–H groups in total. The number of halogens is 2. The maximum Gasteiger partial charge on any atom is 0.317 e. The Bertz CT molecular complexity index is 467. The number of benzene rings is 1. The lowest BCUT2D eigenvalue weighted by molar-refractivity contribution is 0.179. The van der Waals surface area contributed by atoms with Crippen molar-refractivity contribution in [3.63, 3.8) is 0 Å². The molecule has 0 saturated carbocycles. The molecule has 1 aromatic carbocycles. The number of urea groups is 1. The van der Waals surface area contributed by atoms with Gasteiger partial charge in [0.2, 0.25) is 0 Å². The third-order valence-electron chi connectivity index (χ3n) is 3.21. The summed E-state index contributed by atoms with van der Waals surface area (Å²) in [6.07, 6.45) is 1.77. The van der Waals surface area contributed by atoms with E-state index in [1.54, 1.807) is 4.90 Å². The number of piperidine rings is 1. The van der Waals surface area contributed by atoms with Crippen LogP contribution in [0, 0.1) is 11.6 Å². The summed E-state index contributed by atoms with van der Waals surface area (Å²) in [6, 6.07) is 3.60. The molecule has 0 aliphatic carbocycles. The number of amides is 2. The molecule has 1 saturated heterocycles. The van der Waals surface area contributed by atoms with E-state index in [0.717, 1.165) is 18.9 Å². The number of nitrogens with zero attached hydrogens (tertiary/aromatic N) is 1. The Morgan fingerprint density at radius 3 is 3.00 bits per heavy atom. The van der Waals surface area contributed by atoms with E-state index >= 15 is 0 Å². The summed E-state index contributed by atoms with van der Waals surface area (Å²) < 4.78 is 26.4. The second-order valence-electron chi connectivity index (χ2n) is 4.72. The summed E-state index contributed by atoms with van der Waals surface area (Å²) in [6.45, 7) is 1.11. The van der Waals surface area contributed by atoms with Crippen LogP contribution >= 0.6 is 0 Å². The highest BCUT2D eigenvalue weighted by molar-refractivity contribution is 5.74. The molecule has 1 heterocycles. The van der Waals surface area contributed by atoms with Crippen LogP contribution in [0.15, 0.2) is 18.2 Å². The van der Waals surface area contributed by atoms with Crippen LogP contribution in [0.3, 0.4) is 0 Å². The zero-order chi connectivity index (χ0) is 13.8. The van der Waals surface area contributed by atoms with Crippen molar-refractivity contribution in [1.29, 1.82) is 0 Å².